The summed E-state index contributed by atoms with van der Waals surface area (Å²) >= 11 is 6.29. The van der Waals surface area contributed by atoms with E-state index in [9.17, 15) is 0 Å². The van der Waals surface area contributed by atoms with E-state index >= 15 is 0 Å². The molecule has 0 radical (unpaired) electrons. The molecule has 0 saturated heterocycles. The van der Waals surface area contributed by atoms with Crippen molar-refractivity contribution in [2.75, 3.05) is 6.61 Å². The van der Waals surface area contributed by atoms with Gasteiger partial charge < -0.3 is 4.74 Å². The van der Waals surface area contributed by atoms with E-state index in [1.54, 1.807) is 0 Å². The van der Waals surface area contributed by atoms with Gasteiger partial charge in [-0.25, -0.2) is 4.98 Å². The third kappa shape index (κ3) is 2.44. The van der Waals surface area contributed by atoms with Crippen molar-refractivity contribution in [1.29, 1.82) is 0 Å². The Balaban J connectivity index is 2.67. The quantitative estimate of drug-likeness (QED) is 0.740. The van der Waals surface area contributed by atoms with Crippen LogP contribution in [0, 0.1) is 0 Å². The zero-order valence-electron chi connectivity index (χ0n) is 11.2. The van der Waals surface area contributed by atoms with Gasteiger partial charge in [-0.15, -0.1) is 0 Å². The number of hydrogen-bond donors (Lipinski definition) is 0. The lowest BCUT2D eigenvalue weighted by Gasteiger charge is -2.21. The van der Waals surface area contributed by atoms with E-state index in [4.69, 9.17) is 16.3 Å². The van der Waals surface area contributed by atoms with Gasteiger partial charge in [0.05, 0.1) is 6.61 Å². The van der Waals surface area contributed by atoms with Crippen molar-refractivity contribution in [2.24, 2.45) is 0 Å². The molecular weight excluding hydrogens is 246 g/mol. The average molecular weight is 264 g/mol. The van der Waals surface area contributed by atoms with Gasteiger partial charge in [-0.05, 0) is 30.0 Å². The predicted octanol–water partition coefficient (Wildman–Crippen LogP) is 4.58. The number of ether oxygens (including phenoxy) is 1. The van der Waals surface area contributed by atoms with E-state index in [1.165, 1.54) is 0 Å². The Morgan fingerprint density at radius 2 is 2.00 bits per heavy atom. The summed E-state index contributed by atoms with van der Waals surface area (Å²) in [7, 11) is 0. The molecule has 0 N–H and O–H groups in total. The monoisotopic (exact) mass is 263 g/mol. The molecule has 0 bridgehead atoms. The van der Waals surface area contributed by atoms with Crippen LogP contribution in [-0.4, -0.2) is 11.6 Å². The summed E-state index contributed by atoms with van der Waals surface area (Å²) < 4.78 is 5.58. The summed E-state index contributed by atoms with van der Waals surface area (Å²) in [5, 5.41) is 1.62. The maximum atomic E-state index is 6.29. The third-order valence-electron chi connectivity index (χ3n) is 2.87. The zero-order chi connectivity index (χ0) is 13.3. The Bertz CT molecular complexity index is 572. The molecule has 0 amide bonds. The Hall–Kier alpha value is -1.28. The molecule has 2 aromatic rings. The second kappa shape index (κ2) is 4.77. The first-order chi connectivity index (χ1) is 8.43. The van der Waals surface area contributed by atoms with Crippen LogP contribution >= 0.6 is 11.6 Å². The second-order valence-electron chi connectivity index (χ2n) is 5.34. The molecular formula is C15H18ClNO. The predicted molar refractivity (Wildman–Crippen MR) is 76.6 cm³/mol. The van der Waals surface area contributed by atoms with Crippen LogP contribution in [0.2, 0.25) is 5.15 Å². The molecule has 0 aliphatic rings. The van der Waals surface area contributed by atoms with E-state index in [1.807, 2.05) is 25.1 Å². The van der Waals surface area contributed by atoms with Crippen LogP contribution in [0.5, 0.6) is 5.75 Å². The van der Waals surface area contributed by atoms with Crippen LogP contribution in [0.25, 0.3) is 10.9 Å². The lowest BCUT2D eigenvalue weighted by Crippen LogP contribution is -2.12. The van der Waals surface area contributed by atoms with Crippen LogP contribution in [0.4, 0.5) is 0 Å². The Labute approximate surface area is 113 Å². The molecule has 3 heteroatoms. The molecule has 1 heterocycles. The van der Waals surface area contributed by atoms with Crippen molar-refractivity contribution >= 4 is 22.5 Å². The molecule has 0 spiro atoms. The highest BCUT2D eigenvalue weighted by molar-refractivity contribution is 6.30. The van der Waals surface area contributed by atoms with Crippen LogP contribution in [0.1, 0.15) is 33.3 Å². The number of benzene rings is 1. The van der Waals surface area contributed by atoms with Crippen LogP contribution in [0.3, 0.4) is 0 Å². The first-order valence-electron chi connectivity index (χ1n) is 6.16. The number of nitrogens with zero attached hydrogens (tertiary/aromatic N) is 1. The molecule has 18 heavy (non-hydrogen) atoms. The molecule has 0 atom stereocenters. The smallest absolute Gasteiger partial charge is 0.145 e. The van der Waals surface area contributed by atoms with Gasteiger partial charge in [0, 0.05) is 5.39 Å². The van der Waals surface area contributed by atoms with E-state index in [-0.39, 0.29) is 5.41 Å². The topological polar surface area (TPSA) is 22.1 Å². The van der Waals surface area contributed by atoms with Crippen LogP contribution in [-0.2, 0) is 5.41 Å². The van der Waals surface area contributed by atoms with Gasteiger partial charge >= 0.3 is 0 Å². The third-order valence-corrected chi connectivity index (χ3v) is 3.16. The highest BCUT2D eigenvalue weighted by Crippen LogP contribution is 2.33. The highest BCUT2D eigenvalue weighted by atomic mass is 35.5. The molecule has 0 unspecified atom stereocenters. The van der Waals surface area contributed by atoms with Gasteiger partial charge in [-0.3, -0.25) is 0 Å². The number of hydrogen-bond acceptors (Lipinski definition) is 2. The first kappa shape index (κ1) is 13.2. The van der Waals surface area contributed by atoms with Gasteiger partial charge in [-0.1, -0.05) is 44.5 Å². The normalized spacial score (nSPS) is 11.8. The molecule has 0 aliphatic heterocycles. The maximum absolute atomic E-state index is 6.29. The summed E-state index contributed by atoms with van der Waals surface area (Å²) in [6.45, 7) is 8.99. The summed E-state index contributed by atoms with van der Waals surface area (Å²) in [5.41, 5.74) is 1.88. The molecule has 0 aliphatic carbocycles. The minimum Gasteiger partial charge on any atom is -0.492 e. The lowest BCUT2D eigenvalue weighted by atomic mass is 9.87. The summed E-state index contributed by atoms with van der Waals surface area (Å²) in [4.78, 5) is 4.50. The zero-order valence-corrected chi connectivity index (χ0v) is 12.0. The van der Waals surface area contributed by atoms with Crippen molar-refractivity contribution in [1.82, 2.24) is 4.98 Å². The SMILES string of the molecule is CCOc1cccc2cc(C(C)(C)C)c(Cl)nc12. The summed E-state index contributed by atoms with van der Waals surface area (Å²) in [6.07, 6.45) is 0. The van der Waals surface area contributed by atoms with E-state index in [2.05, 4.69) is 31.8 Å². The minimum atomic E-state index is -0.0140. The van der Waals surface area contributed by atoms with Gasteiger partial charge in [0.1, 0.15) is 16.4 Å². The highest BCUT2D eigenvalue weighted by Gasteiger charge is 2.19. The van der Waals surface area contributed by atoms with Crippen molar-refractivity contribution < 1.29 is 4.74 Å². The molecule has 0 fully saturated rings. The molecule has 96 valence electrons. The van der Waals surface area contributed by atoms with Crippen molar-refractivity contribution in [3.63, 3.8) is 0 Å². The maximum Gasteiger partial charge on any atom is 0.145 e. The van der Waals surface area contributed by atoms with Crippen molar-refractivity contribution in [3.05, 3.63) is 35.0 Å². The van der Waals surface area contributed by atoms with Crippen molar-refractivity contribution in [2.45, 2.75) is 33.1 Å². The Morgan fingerprint density at radius 1 is 1.28 bits per heavy atom. The molecule has 2 rings (SSSR count). The molecule has 1 aromatic heterocycles. The lowest BCUT2D eigenvalue weighted by molar-refractivity contribution is 0.343. The van der Waals surface area contributed by atoms with E-state index in [0.29, 0.717) is 11.8 Å². The first-order valence-corrected chi connectivity index (χ1v) is 6.54. The van der Waals surface area contributed by atoms with E-state index < -0.39 is 0 Å². The second-order valence-corrected chi connectivity index (χ2v) is 5.70. The fourth-order valence-electron chi connectivity index (χ4n) is 1.95. The number of aromatic nitrogens is 1. The van der Waals surface area contributed by atoms with Crippen LogP contribution in [0.15, 0.2) is 24.3 Å². The fraction of sp³-hybridized carbons (Fsp3) is 0.400. The molecule has 2 nitrogen and oxygen atoms in total. The number of para-hydroxylation sites is 1. The number of pyridine rings is 1. The van der Waals surface area contributed by atoms with Gasteiger partial charge in [-0.2, -0.15) is 0 Å². The average Bonchev–Trinajstić information content (AvgIpc) is 2.28. The molecule has 1 aromatic carbocycles. The van der Waals surface area contributed by atoms with E-state index in [0.717, 1.165) is 22.2 Å². The van der Waals surface area contributed by atoms with Gasteiger partial charge in [0.2, 0.25) is 0 Å². The van der Waals surface area contributed by atoms with Crippen LogP contribution < -0.4 is 4.74 Å². The Morgan fingerprint density at radius 3 is 2.61 bits per heavy atom. The number of fused-ring (bicyclic) bond motifs is 1. The van der Waals surface area contributed by atoms with Gasteiger partial charge in [0.25, 0.3) is 0 Å². The van der Waals surface area contributed by atoms with Crippen molar-refractivity contribution in [3.8, 4) is 5.75 Å². The standard InChI is InChI=1S/C15H18ClNO/c1-5-18-12-8-6-7-10-9-11(15(2,3)4)14(16)17-13(10)12/h6-9H,5H2,1-4H3. The number of rotatable bonds is 2. The summed E-state index contributed by atoms with van der Waals surface area (Å²) in [6, 6.07) is 8.05. The largest absolute Gasteiger partial charge is 0.492 e. The minimum absolute atomic E-state index is 0.0140. The Kier molecular flexibility index (Phi) is 3.49. The fourth-order valence-corrected chi connectivity index (χ4v) is 2.37. The number of halogens is 1. The molecule has 0 saturated carbocycles. The van der Waals surface area contributed by atoms with Gasteiger partial charge in [0.15, 0.2) is 0 Å². The summed E-state index contributed by atoms with van der Waals surface area (Å²) in [5.74, 6) is 0.789.